The number of hydrogen-bond acceptors (Lipinski definition) is 2. The summed E-state index contributed by atoms with van der Waals surface area (Å²) in [5, 5.41) is 2.86. The topological polar surface area (TPSA) is 55.1 Å². The summed E-state index contributed by atoms with van der Waals surface area (Å²) < 4.78 is 0. The largest absolute Gasteiger partial charge is 0.356 e. The van der Waals surface area contributed by atoms with Crippen LogP contribution in [0.1, 0.15) is 29.5 Å². The van der Waals surface area contributed by atoms with Crippen molar-refractivity contribution in [2.45, 2.75) is 33.1 Å². The standard InChI is InChI=1S/C14H22N2O/c1-11-8-12(2)10-13(9-11)4-5-14(17)16-7-3-6-15/h8-10H,3-7,15H2,1-2H3,(H,16,17). The van der Waals surface area contributed by atoms with Crippen LogP contribution in [0.25, 0.3) is 0 Å². The molecule has 0 saturated heterocycles. The zero-order valence-electron chi connectivity index (χ0n) is 10.8. The zero-order valence-corrected chi connectivity index (χ0v) is 10.8. The van der Waals surface area contributed by atoms with Crippen LogP contribution in [0.3, 0.4) is 0 Å². The maximum atomic E-state index is 11.5. The maximum Gasteiger partial charge on any atom is 0.220 e. The second kappa shape index (κ2) is 7.07. The Hall–Kier alpha value is -1.35. The minimum absolute atomic E-state index is 0.109. The number of carbonyl (C=O) groups is 1. The Bertz CT molecular complexity index is 354. The van der Waals surface area contributed by atoms with Gasteiger partial charge in [0.05, 0.1) is 0 Å². The van der Waals surface area contributed by atoms with Crippen LogP contribution in [0.2, 0.25) is 0 Å². The van der Waals surface area contributed by atoms with E-state index in [-0.39, 0.29) is 5.91 Å². The molecule has 0 radical (unpaired) electrons. The van der Waals surface area contributed by atoms with E-state index in [1.54, 1.807) is 0 Å². The first kappa shape index (κ1) is 13.7. The third kappa shape index (κ3) is 5.50. The Morgan fingerprint density at radius 2 is 1.88 bits per heavy atom. The SMILES string of the molecule is Cc1cc(C)cc(CCC(=O)NCCCN)c1. The Labute approximate surface area is 103 Å². The second-order valence-electron chi connectivity index (χ2n) is 4.49. The third-order valence-electron chi connectivity index (χ3n) is 2.63. The van der Waals surface area contributed by atoms with Crippen LogP contribution < -0.4 is 11.1 Å². The van der Waals surface area contributed by atoms with Gasteiger partial charge in [0.25, 0.3) is 0 Å². The van der Waals surface area contributed by atoms with E-state index < -0.39 is 0 Å². The van der Waals surface area contributed by atoms with E-state index in [0.29, 0.717) is 19.5 Å². The van der Waals surface area contributed by atoms with Crippen molar-refractivity contribution in [2.24, 2.45) is 5.73 Å². The molecule has 3 nitrogen and oxygen atoms in total. The average molecular weight is 234 g/mol. The third-order valence-corrected chi connectivity index (χ3v) is 2.63. The van der Waals surface area contributed by atoms with Crippen molar-refractivity contribution in [3.63, 3.8) is 0 Å². The van der Waals surface area contributed by atoms with Crippen LogP contribution in [0.5, 0.6) is 0 Å². The van der Waals surface area contributed by atoms with Crippen LogP contribution in [-0.2, 0) is 11.2 Å². The summed E-state index contributed by atoms with van der Waals surface area (Å²) in [7, 11) is 0. The normalized spacial score (nSPS) is 10.3. The van der Waals surface area contributed by atoms with Gasteiger partial charge in [-0.15, -0.1) is 0 Å². The van der Waals surface area contributed by atoms with Gasteiger partial charge in [0, 0.05) is 13.0 Å². The first-order chi connectivity index (χ1) is 8.11. The summed E-state index contributed by atoms with van der Waals surface area (Å²) in [6.07, 6.45) is 2.19. The molecule has 0 spiro atoms. The molecule has 0 bridgehead atoms. The second-order valence-corrected chi connectivity index (χ2v) is 4.49. The molecule has 0 unspecified atom stereocenters. The molecule has 0 atom stereocenters. The summed E-state index contributed by atoms with van der Waals surface area (Å²) in [6.45, 7) is 5.47. The van der Waals surface area contributed by atoms with Crippen molar-refractivity contribution in [1.82, 2.24) is 5.32 Å². The lowest BCUT2D eigenvalue weighted by Gasteiger charge is -2.06. The molecule has 3 N–H and O–H groups in total. The van der Waals surface area contributed by atoms with Gasteiger partial charge in [0.1, 0.15) is 0 Å². The van der Waals surface area contributed by atoms with E-state index in [1.807, 2.05) is 0 Å². The van der Waals surface area contributed by atoms with Crippen molar-refractivity contribution in [3.05, 3.63) is 34.9 Å². The molecule has 94 valence electrons. The number of hydrogen-bond donors (Lipinski definition) is 2. The molecule has 3 heteroatoms. The van der Waals surface area contributed by atoms with Crippen LogP contribution >= 0.6 is 0 Å². The lowest BCUT2D eigenvalue weighted by molar-refractivity contribution is -0.121. The number of aryl methyl sites for hydroxylation is 3. The Kier molecular flexibility index (Phi) is 5.70. The monoisotopic (exact) mass is 234 g/mol. The van der Waals surface area contributed by atoms with E-state index >= 15 is 0 Å². The molecule has 0 heterocycles. The van der Waals surface area contributed by atoms with Gasteiger partial charge in [-0.25, -0.2) is 0 Å². The average Bonchev–Trinajstić information content (AvgIpc) is 2.25. The van der Waals surface area contributed by atoms with Crippen LogP contribution in [0.4, 0.5) is 0 Å². The summed E-state index contributed by atoms with van der Waals surface area (Å²) in [5.41, 5.74) is 9.10. The van der Waals surface area contributed by atoms with Crippen LogP contribution in [0, 0.1) is 13.8 Å². The predicted octanol–water partition coefficient (Wildman–Crippen LogP) is 1.70. The molecule has 0 aromatic heterocycles. The van der Waals surface area contributed by atoms with E-state index in [4.69, 9.17) is 5.73 Å². The summed E-state index contributed by atoms with van der Waals surface area (Å²) in [4.78, 5) is 11.5. The number of amides is 1. The minimum Gasteiger partial charge on any atom is -0.356 e. The molecule has 1 aromatic rings. The number of benzene rings is 1. The van der Waals surface area contributed by atoms with Gasteiger partial charge in [-0.05, 0) is 38.8 Å². The fourth-order valence-corrected chi connectivity index (χ4v) is 1.89. The molecule has 0 saturated carbocycles. The Balaban J connectivity index is 2.36. The predicted molar refractivity (Wildman–Crippen MR) is 70.9 cm³/mol. The highest BCUT2D eigenvalue weighted by Crippen LogP contribution is 2.10. The van der Waals surface area contributed by atoms with Gasteiger partial charge in [-0.2, -0.15) is 0 Å². The van der Waals surface area contributed by atoms with Crippen molar-refractivity contribution in [3.8, 4) is 0 Å². The molecular weight excluding hydrogens is 212 g/mol. The summed E-state index contributed by atoms with van der Waals surface area (Å²) in [6, 6.07) is 6.42. The number of rotatable bonds is 6. The van der Waals surface area contributed by atoms with Crippen LogP contribution in [0.15, 0.2) is 18.2 Å². The molecule has 1 aromatic carbocycles. The quantitative estimate of drug-likeness (QED) is 0.736. The van der Waals surface area contributed by atoms with Crippen molar-refractivity contribution in [2.75, 3.05) is 13.1 Å². The molecule has 0 aliphatic rings. The molecule has 1 rings (SSSR count). The van der Waals surface area contributed by atoms with Gasteiger partial charge >= 0.3 is 0 Å². The smallest absolute Gasteiger partial charge is 0.220 e. The van der Waals surface area contributed by atoms with E-state index in [1.165, 1.54) is 16.7 Å². The first-order valence-corrected chi connectivity index (χ1v) is 6.16. The lowest BCUT2D eigenvalue weighted by atomic mass is 10.0. The fraction of sp³-hybridized carbons (Fsp3) is 0.500. The molecule has 0 aliphatic heterocycles. The molecule has 17 heavy (non-hydrogen) atoms. The van der Waals surface area contributed by atoms with E-state index in [0.717, 1.165) is 12.8 Å². The number of nitrogens with one attached hydrogen (secondary N) is 1. The minimum atomic E-state index is 0.109. The highest BCUT2D eigenvalue weighted by molar-refractivity contribution is 5.76. The van der Waals surface area contributed by atoms with Crippen molar-refractivity contribution in [1.29, 1.82) is 0 Å². The van der Waals surface area contributed by atoms with Crippen LogP contribution in [-0.4, -0.2) is 19.0 Å². The van der Waals surface area contributed by atoms with Crippen molar-refractivity contribution >= 4 is 5.91 Å². The van der Waals surface area contributed by atoms with Gasteiger partial charge in [0.2, 0.25) is 5.91 Å². The molecule has 1 amide bonds. The van der Waals surface area contributed by atoms with E-state index in [2.05, 4.69) is 37.4 Å². The number of carbonyl (C=O) groups excluding carboxylic acids is 1. The Morgan fingerprint density at radius 1 is 1.24 bits per heavy atom. The van der Waals surface area contributed by atoms with Gasteiger partial charge in [-0.3, -0.25) is 4.79 Å². The van der Waals surface area contributed by atoms with E-state index in [9.17, 15) is 4.79 Å². The molecule has 0 fully saturated rings. The zero-order chi connectivity index (χ0) is 12.7. The maximum absolute atomic E-state index is 11.5. The fourth-order valence-electron chi connectivity index (χ4n) is 1.89. The highest BCUT2D eigenvalue weighted by atomic mass is 16.1. The Morgan fingerprint density at radius 3 is 2.47 bits per heavy atom. The highest BCUT2D eigenvalue weighted by Gasteiger charge is 2.02. The lowest BCUT2D eigenvalue weighted by Crippen LogP contribution is -2.26. The summed E-state index contributed by atoms with van der Waals surface area (Å²) >= 11 is 0. The molecule has 0 aliphatic carbocycles. The summed E-state index contributed by atoms with van der Waals surface area (Å²) in [5.74, 6) is 0.109. The number of nitrogens with two attached hydrogens (primary N) is 1. The first-order valence-electron chi connectivity index (χ1n) is 6.16. The van der Waals surface area contributed by atoms with Crippen molar-refractivity contribution < 1.29 is 4.79 Å². The van der Waals surface area contributed by atoms with Gasteiger partial charge in [0.15, 0.2) is 0 Å². The van der Waals surface area contributed by atoms with Gasteiger partial charge in [-0.1, -0.05) is 29.3 Å². The molecular formula is C14H22N2O. The van der Waals surface area contributed by atoms with Gasteiger partial charge < -0.3 is 11.1 Å².